The highest BCUT2D eigenvalue weighted by Gasteiger charge is 2.27. The van der Waals surface area contributed by atoms with Gasteiger partial charge in [-0.05, 0) is 48.6 Å². The number of nitrogens with zero attached hydrogens (tertiary/aromatic N) is 1. The Morgan fingerprint density at radius 1 is 0.871 bits per heavy atom. The third-order valence-electron chi connectivity index (χ3n) is 4.58. The number of hydrogen-bond acceptors (Lipinski definition) is 8. The second-order valence-electron chi connectivity index (χ2n) is 6.43. The number of methoxy groups -OCH3 is 2. The Morgan fingerprint density at radius 2 is 1.58 bits per heavy atom. The summed E-state index contributed by atoms with van der Waals surface area (Å²) in [5.74, 6) is 1.16. The molecule has 2 aliphatic rings. The predicted octanol–water partition coefficient (Wildman–Crippen LogP) is 3.70. The standard InChI is InChI=1S/C23H19NO7/c1-27-22(25)18-5-3-4-12-24(21(18)23(26)28-2)15-6-8-16(9-7-15)31-17-10-11-19-20(13-17)30-14-29-19/h3-13H,14H2,1-2H3. The summed E-state index contributed by atoms with van der Waals surface area (Å²) in [7, 11) is 2.51. The molecular weight excluding hydrogens is 402 g/mol. The van der Waals surface area contributed by atoms with Crippen molar-refractivity contribution in [3.05, 3.63) is 78.2 Å². The van der Waals surface area contributed by atoms with Crippen molar-refractivity contribution in [1.29, 1.82) is 0 Å². The minimum absolute atomic E-state index is 0.0452. The van der Waals surface area contributed by atoms with Crippen LogP contribution in [0.4, 0.5) is 5.69 Å². The second-order valence-corrected chi connectivity index (χ2v) is 6.43. The second kappa shape index (κ2) is 8.66. The summed E-state index contributed by atoms with van der Waals surface area (Å²) < 4.78 is 26.3. The molecule has 0 amide bonds. The summed E-state index contributed by atoms with van der Waals surface area (Å²) in [6.07, 6.45) is 6.51. The molecule has 0 aromatic heterocycles. The molecule has 158 valence electrons. The van der Waals surface area contributed by atoms with Crippen molar-refractivity contribution in [3.63, 3.8) is 0 Å². The van der Waals surface area contributed by atoms with Gasteiger partial charge >= 0.3 is 11.9 Å². The van der Waals surface area contributed by atoms with Gasteiger partial charge in [0.15, 0.2) is 11.5 Å². The molecule has 4 rings (SSSR count). The molecule has 0 saturated carbocycles. The number of fused-ring (bicyclic) bond motifs is 1. The van der Waals surface area contributed by atoms with Crippen LogP contribution in [0.3, 0.4) is 0 Å². The Hall–Kier alpha value is -4.20. The highest BCUT2D eigenvalue weighted by Crippen LogP contribution is 2.37. The van der Waals surface area contributed by atoms with Crippen molar-refractivity contribution >= 4 is 17.6 Å². The summed E-state index contributed by atoms with van der Waals surface area (Å²) >= 11 is 0. The van der Waals surface area contributed by atoms with Crippen LogP contribution in [0.15, 0.2) is 78.2 Å². The predicted molar refractivity (Wildman–Crippen MR) is 111 cm³/mol. The van der Waals surface area contributed by atoms with Crippen molar-refractivity contribution in [3.8, 4) is 23.0 Å². The van der Waals surface area contributed by atoms with E-state index in [1.807, 2.05) is 0 Å². The van der Waals surface area contributed by atoms with Crippen LogP contribution >= 0.6 is 0 Å². The highest BCUT2D eigenvalue weighted by atomic mass is 16.7. The quantitative estimate of drug-likeness (QED) is 0.676. The third-order valence-corrected chi connectivity index (χ3v) is 4.58. The molecule has 0 spiro atoms. The molecule has 0 unspecified atom stereocenters. The van der Waals surface area contributed by atoms with Crippen LogP contribution in [0.1, 0.15) is 0 Å². The van der Waals surface area contributed by atoms with E-state index in [0.717, 1.165) is 0 Å². The molecule has 0 aliphatic carbocycles. The number of allylic oxidation sites excluding steroid dienone is 2. The molecule has 0 bridgehead atoms. The number of esters is 2. The van der Waals surface area contributed by atoms with E-state index in [1.54, 1.807) is 65.7 Å². The van der Waals surface area contributed by atoms with Crippen LogP contribution in [0, 0.1) is 0 Å². The number of carbonyl (C=O) groups is 2. The van der Waals surface area contributed by atoms with Crippen molar-refractivity contribution in [2.45, 2.75) is 0 Å². The molecular formula is C23H19NO7. The average molecular weight is 421 g/mol. The van der Waals surface area contributed by atoms with Gasteiger partial charge in [-0.25, -0.2) is 9.59 Å². The maximum atomic E-state index is 12.5. The van der Waals surface area contributed by atoms with Gasteiger partial charge in [-0.1, -0.05) is 6.08 Å². The zero-order chi connectivity index (χ0) is 21.8. The zero-order valence-corrected chi connectivity index (χ0v) is 16.9. The van der Waals surface area contributed by atoms with Gasteiger partial charge in [0.25, 0.3) is 0 Å². The van der Waals surface area contributed by atoms with E-state index in [9.17, 15) is 9.59 Å². The molecule has 0 radical (unpaired) electrons. The van der Waals surface area contributed by atoms with Gasteiger partial charge in [-0.3, -0.25) is 0 Å². The van der Waals surface area contributed by atoms with Crippen LogP contribution in [-0.2, 0) is 19.1 Å². The highest BCUT2D eigenvalue weighted by molar-refractivity contribution is 6.05. The maximum absolute atomic E-state index is 12.5. The van der Waals surface area contributed by atoms with Crippen molar-refractivity contribution in [2.24, 2.45) is 0 Å². The number of hydrogen-bond donors (Lipinski definition) is 0. The fraction of sp³-hybridized carbons (Fsp3) is 0.130. The normalized spacial score (nSPS) is 14.3. The SMILES string of the molecule is COC(=O)C1=C(C(=O)OC)N(c2ccc(Oc3ccc4c(c3)OCO4)cc2)C=CC=C1. The van der Waals surface area contributed by atoms with Crippen molar-refractivity contribution < 1.29 is 33.3 Å². The zero-order valence-electron chi connectivity index (χ0n) is 16.9. The van der Waals surface area contributed by atoms with E-state index < -0.39 is 11.9 Å². The minimum Gasteiger partial charge on any atom is -0.465 e. The molecule has 31 heavy (non-hydrogen) atoms. The van der Waals surface area contributed by atoms with Crippen LogP contribution in [0.2, 0.25) is 0 Å². The van der Waals surface area contributed by atoms with Crippen molar-refractivity contribution in [2.75, 3.05) is 25.9 Å². The third kappa shape index (κ3) is 4.09. The lowest BCUT2D eigenvalue weighted by Crippen LogP contribution is -2.26. The topological polar surface area (TPSA) is 83.5 Å². The first kappa shape index (κ1) is 20.1. The largest absolute Gasteiger partial charge is 0.465 e. The summed E-state index contributed by atoms with van der Waals surface area (Å²) in [6.45, 7) is 0.190. The van der Waals surface area contributed by atoms with E-state index in [-0.39, 0.29) is 18.1 Å². The van der Waals surface area contributed by atoms with E-state index in [0.29, 0.717) is 28.7 Å². The van der Waals surface area contributed by atoms with E-state index in [4.69, 9.17) is 23.7 Å². The van der Waals surface area contributed by atoms with Crippen LogP contribution < -0.4 is 19.1 Å². The van der Waals surface area contributed by atoms with Gasteiger partial charge in [0, 0.05) is 18.0 Å². The first-order chi connectivity index (χ1) is 15.1. The summed E-state index contributed by atoms with van der Waals surface area (Å²) in [4.78, 5) is 26.3. The molecule has 2 aromatic rings. The van der Waals surface area contributed by atoms with Crippen LogP contribution in [0.5, 0.6) is 23.0 Å². The first-order valence-electron chi connectivity index (χ1n) is 9.33. The van der Waals surface area contributed by atoms with Gasteiger partial charge in [-0.15, -0.1) is 0 Å². The Morgan fingerprint density at radius 3 is 2.32 bits per heavy atom. The van der Waals surface area contributed by atoms with Gasteiger partial charge in [0.1, 0.15) is 17.2 Å². The number of ether oxygens (including phenoxy) is 5. The summed E-state index contributed by atoms with van der Waals surface area (Å²) in [6, 6.07) is 12.3. The smallest absolute Gasteiger partial charge is 0.355 e. The lowest BCUT2D eigenvalue weighted by Gasteiger charge is -2.23. The molecule has 0 fully saturated rings. The number of benzene rings is 2. The van der Waals surface area contributed by atoms with Gasteiger partial charge < -0.3 is 28.6 Å². The molecule has 0 N–H and O–H groups in total. The van der Waals surface area contributed by atoms with Crippen LogP contribution in [0.25, 0.3) is 0 Å². The summed E-state index contributed by atoms with van der Waals surface area (Å²) in [5, 5.41) is 0. The van der Waals surface area contributed by atoms with Crippen LogP contribution in [-0.4, -0.2) is 33.0 Å². The fourth-order valence-corrected chi connectivity index (χ4v) is 3.12. The molecule has 8 nitrogen and oxygen atoms in total. The number of carbonyl (C=O) groups excluding carboxylic acids is 2. The Kier molecular flexibility index (Phi) is 5.61. The fourth-order valence-electron chi connectivity index (χ4n) is 3.12. The summed E-state index contributed by atoms with van der Waals surface area (Å²) in [5.41, 5.74) is 0.753. The van der Waals surface area contributed by atoms with Crippen molar-refractivity contribution in [1.82, 2.24) is 0 Å². The molecule has 2 aromatic carbocycles. The monoisotopic (exact) mass is 421 g/mol. The van der Waals surface area contributed by atoms with Gasteiger partial charge in [-0.2, -0.15) is 0 Å². The minimum atomic E-state index is -0.669. The Balaban J connectivity index is 1.62. The van der Waals surface area contributed by atoms with E-state index in [1.165, 1.54) is 20.3 Å². The Labute approximate surface area is 178 Å². The number of rotatable bonds is 5. The lowest BCUT2D eigenvalue weighted by atomic mass is 10.1. The van der Waals surface area contributed by atoms with E-state index >= 15 is 0 Å². The molecule has 0 atom stereocenters. The first-order valence-corrected chi connectivity index (χ1v) is 9.33. The molecule has 8 heteroatoms. The Bertz CT molecular complexity index is 1100. The molecule has 2 heterocycles. The molecule has 0 saturated heterocycles. The maximum Gasteiger partial charge on any atom is 0.355 e. The van der Waals surface area contributed by atoms with E-state index in [2.05, 4.69) is 0 Å². The lowest BCUT2D eigenvalue weighted by molar-refractivity contribution is -0.139. The van der Waals surface area contributed by atoms with Gasteiger partial charge in [0.05, 0.1) is 19.8 Å². The number of anilines is 1. The average Bonchev–Trinajstić information content (AvgIpc) is 3.15. The van der Waals surface area contributed by atoms with Gasteiger partial charge in [0.2, 0.25) is 6.79 Å². The molecule has 2 aliphatic heterocycles.